The Hall–Kier alpha value is -4.18. The Morgan fingerprint density at radius 2 is 1.52 bits per heavy atom. The van der Waals surface area contributed by atoms with Crippen LogP contribution in [-0.2, 0) is 32.9 Å². The first-order chi connectivity index (χ1) is 26.3. The molecule has 0 N–H and O–H groups in total. The molecule has 5 heteroatoms. The molecule has 4 heterocycles. The van der Waals surface area contributed by atoms with Crippen molar-refractivity contribution in [3.05, 3.63) is 126 Å². The number of hydrogen-bond donors (Lipinski definition) is 0. The van der Waals surface area contributed by atoms with Gasteiger partial charge in [0.25, 0.3) is 0 Å². The van der Waals surface area contributed by atoms with E-state index >= 15 is 0 Å². The second-order valence-electron chi connectivity index (χ2n) is 13.5. The van der Waals surface area contributed by atoms with Gasteiger partial charge in [0.05, 0.1) is 5.58 Å². The maximum Gasteiger partial charge on any atom is 0.147 e. The van der Waals surface area contributed by atoms with E-state index in [0.29, 0.717) is 33.6 Å². The van der Waals surface area contributed by atoms with E-state index in [9.17, 15) is 0 Å². The second kappa shape index (κ2) is 14.1. The van der Waals surface area contributed by atoms with Crippen molar-refractivity contribution in [3.8, 4) is 22.5 Å². The fourth-order valence-corrected chi connectivity index (χ4v) is 5.23. The molecule has 3 aromatic carbocycles. The smallest absolute Gasteiger partial charge is 0.147 e. The molecule has 0 aliphatic rings. The summed E-state index contributed by atoms with van der Waals surface area (Å²) >= 11 is 0. The van der Waals surface area contributed by atoms with E-state index in [1.165, 1.54) is 18.5 Å². The van der Waals surface area contributed by atoms with Gasteiger partial charge in [0.2, 0.25) is 0 Å². The molecule has 0 atom stereocenters. The van der Waals surface area contributed by atoms with E-state index < -0.39 is 37.3 Å². The summed E-state index contributed by atoms with van der Waals surface area (Å²) in [6.45, 7) is 6.07. The van der Waals surface area contributed by atoms with E-state index in [0.717, 1.165) is 27.4 Å². The molecule has 0 saturated heterocycles. The molecule has 0 spiro atoms. The normalized spacial score (nSPS) is 16.0. The number of aryl methyl sites for hydroxylation is 2. The minimum Gasteiger partial charge on any atom is -0.498 e. The van der Waals surface area contributed by atoms with Gasteiger partial charge in [-0.15, -0.1) is 54.1 Å². The van der Waals surface area contributed by atoms with Crippen LogP contribution in [0.25, 0.3) is 55.4 Å². The zero-order valence-electron chi connectivity index (χ0n) is 37.7. The summed E-state index contributed by atoms with van der Waals surface area (Å²) in [5, 5.41) is 2.35. The van der Waals surface area contributed by atoms with Crippen LogP contribution in [0.4, 0.5) is 0 Å². The molecular weight excluding hydrogens is 767 g/mol. The third kappa shape index (κ3) is 8.09. The molecule has 247 valence electrons. The Bertz CT molecular complexity index is 2570. The van der Waals surface area contributed by atoms with Gasteiger partial charge in [-0.25, -0.2) is 4.98 Å². The summed E-state index contributed by atoms with van der Waals surface area (Å²) < 4.78 is 87.4. The SMILES string of the molecule is [2H]C([2H])([2H])c1ccc(-c2[c-]cccc2)nc1.[2H]C([2H])([2H])c1cnc(-c2[c-]ccc3c2oc2c3ccc3ccc(C([2H])([2H])C(C)(C)C)nc32)cc1C([2H])([2H])C(C)(C)C.[Ir]. The van der Waals surface area contributed by atoms with E-state index in [-0.39, 0.29) is 36.8 Å². The summed E-state index contributed by atoms with van der Waals surface area (Å²) in [5.41, 5.74) is 2.81. The predicted molar refractivity (Wildman–Crippen MR) is 195 cm³/mol. The maximum atomic E-state index is 8.87. The Morgan fingerprint density at radius 1 is 0.750 bits per heavy atom. The van der Waals surface area contributed by atoms with Gasteiger partial charge in [0.1, 0.15) is 11.1 Å². The molecule has 7 rings (SSSR count). The van der Waals surface area contributed by atoms with Crippen LogP contribution in [-0.4, -0.2) is 15.0 Å². The fraction of sp³-hybridized carbons (Fsp3) is 0.279. The third-order valence-electron chi connectivity index (χ3n) is 7.18. The van der Waals surface area contributed by atoms with Crippen molar-refractivity contribution in [2.75, 3.05) is 0 Å². The molecule has 0 bridgehead atoms. The van der Waals surface area contributed by atoms with Crippen molar-refractivity contribution in [1.82, 2.24) is 15.0 Å². The van der Waals surface area contributed by atoms with Gasteiger partial charge in [-0.2, -0.15) is 0 Å². The van der Waals surface area contributed by atoms with Crippen LogP contribution in [0.3, 0.4) is 0 Å². The molecule has 0 fully saturated rings. The summed E-state index contributed by atoms with van der Waals surface area (Å²) in [6, 6.07) is 29.4. The minimum absolute atomic E-state index is 0. The van der Waals surface area contributed by atoms with Crippen LogP contribution < -0.4 is 0 Å². The molecular formula is C43H43IrN3O-2. The van der Waals surface area contributed by atoms with Crippen molar-refractivity contribution in [2.24, 2.45) is 10.8 Å². The number of pyridine rings is 3. The quantitative estimate of drug-likeness (QED) is 0.166. The van der Waals surface area contributed by atoms with Gasteiger partial charge < -0.3 is 14.4 Å². The number of rotatable bonds is 4. The Kier molecular flexibility index (Phi) is 7.07. The average molecular weight is 820 g/mol. The molecule has 0 unspecified atom stereocenters. The van der Waals surface area contributed by atoms with Gasteiger partial charge in [-0.3, -0.25) is 0 Å². The second-order valence-corrected chi connectivity index (χ2v) is 13.5. The van der Waals surface area contributed by atoms with Crippen LogP contribution in [0.2, 0.25) is 0 Å². The zero-order chi connectivity index (χ0) is 41.9. The van der Waals surface area contributed by atoms with Gasteiger partial charge in [-0.1, -0.05) is 94.5 Å². The van der Waals surface area contributed by atoms with Crippen molar-refractivity contribution in [2.45, 2.75) is 68.0 Å². The summed E-state index contributed by atoms with van der Waals surface area (Å²) in [4.78, 5) is 13.3. The Morgan fingerprint density at radius 3 is 2.21 bits per heavy atom. The van der Waals surface area contributed by atoms with E-state index in [4.69, 9.17) is 23.1 Å². The third-order valence-corrected chi connectivity index (χ3v) is 7.18. The number of fused-ring (bicyclic) bond motifs is 5. The van der Waals surface area contributed by atoms with Gasteiger partial charge in [0.15, 0.2) is 0 Å². The molecule has 0 saturated carbocycles. The molecule has 4 nitrogen and oxygen atoms in total. The summed E-state index contributed by atoms with van der Waals surface area (Å²) in [5.74, 6) is 0. The first-order valence-electron chi connectivity index (χ1n) is 20.4. The van der Waals surface area contributed by atoms with Crippen molar-refractivity contribution < 1.29 is 38.2 Å². The van der Waals surface area contributed by atoms with Crippen LogP contribution in [0.5, 0.6) is 0 Å². The number of furan rings is 1. The molecule has 7 aromatic rings. The van der Waals surface area contributed by atoms with E-state index in [1.807, 2.05) is 63.2 Å². The zero-order valence-corrected chi connectivity index (χ0v) is 30.1. The number of aromatic nitrogens is 3. The molecule has 1 radical (unpaired) electrons. The molecule has 48 heavy (non-hydrogen) atoms. The maximum absolute atomic E-state index is 8.87. The Labute approximate surface area is 312 Å². The topological polar surface area (TPSA) is 51.8 Å². The molecule has 0 aliphatic heterocycles. The van der Waals surface area contributed by atoms with Crippen LogP contribution in [0.15, 0.2) is 95.7 Å². The molecule has 0 aliphatic carbocycles. The Balaban J connectivity index is 0.000000315. The number of benzene rings is 3. The van der Waals surface area contributed by atoms with Gasteiger partial charge >= 0.3 is 0 Å². The van der Waals surface area contributed by atoms with E-state index in [2.05, 4.69) is 22.1 Å². The summed E-state index contributed by atoms with van der Waals surface area (Å²) in [6.07, 6.45) is -1.04. The van der Waals surface area contributed by atoms with Gasteiger partial charge in [0, 0.05) is 62.7 Å². The van der Waals surface area contributed by atoms with Crippen molar-refractivity contribution >= 4 is 32.8 Å². The fourth-order valence-electron chi connectivity index (χ4n) is 5.23. The summed E-state index contributed by atoms with van der Waals surface area (Å²) in [7, 11) is 0. The van der Waals surface area contributed by atoms with Crippen molar-refractivity contribution in [1.29, 1.82) is 0 Å². The predicted octanol–water partition coefficient (Wildman–Crippen LogP) is 11.3. The number of hydrogen-bond acceptors (Lipinski definition) is 4. The standard InChI is InChI=1S/C31H33N2O.C12H10N.Ir/c1-19-18-32-26(15-21(19)16-30(2,3)4)25-10-8-9-23-24-14-12-20-11-13-22(17-31(5,6)7)33-27(20)29(24)34-28(23)25;1-10-7-8-12(13-9-10)11-5-3-2-4-6-11;/h8-9,11-15,18H,16-17H2,1-7H3;2-5,7-9H,1H3;/q2*-1;/i1D3,16D2,17D2;1D3;. The minimum atomic E-state index is -2.55. The van der Waals surface area contributed by atoms with Crippen LogP contribution >= 0.6 is 0 Å². The molecule has 4 aromatic heterocycles. The monoisotopic (exact) mass is 820 g/mol. The first-order valence-corrected chi connectivity index (χ1v) is 15.4. The molecule has 0 amide bonds. The van der Waals surface area contributed by atoms with Crippen molar-refractivity contribution in [3.63, 3.8) is 0 Å². The van der Waals surface area contributed by atoms with Crippen LogP contribution in [0.1, 0.15) is 77.6 Å². The average Bonchev–Trinajstić information content (AvgIpc) is 3.53. The number of nitrogens with zero attached hydrogens (tertiary/aromatic N) is 3. The largest absolute Gasteiger partial charge is 0.498 e. The van der Waals surface area contributed by atoms with E-state index in [1.54, 1.807) is 51.1 Å². The van der Waals surface area contributed by atoms with Gasteiger partial charge in [-0.05, 0) is 65.9 Å². The first kappa shape index (κ1) is 24.0. The van der Waals surface area contributed by atoms with Crippen LogP contribution in [0, 0.1) is 36.7 Å².